The van der Waals surface area contributed by atoms with Gasteiger partial charge in [-0.15, -0.1) is 0 Å². The van der Waals surface area contributed by atoms with Gasteiger partial charge in [-0.1, -0.05) is 11.6 Å². The van der Waals surface area contributed by atoms with Gasteiger partial charge in [-0.05, 0) is 48.9 Å². The van der Waals surface area contributed by atoms with Crippen molar-refractivity contribution in [2.45, 2.75) is 13.5 Å². The maximum Gasteiger partial charge on any atom is 0.179 e. The highest BCUT2D eigenvalue weighted by Gasteiger charge is 2.11. The molecule has 0 aliphatic carbocycles. The van der Waals surface area contributed by atoms with Crippen LogP contribution in [-0.4, -0.2) is 20.8 Å². The largest absolute Gasteiger partial charge is 0.497 e. The van der Waals surface area contributed by atoms with Gasteiger partial charge in [0.15, 0.2) is 11.5 Å². The van der Waals surface area contributed by atoms with Crippen molar-refractivity contribution in [2.75, 3.05) is 26.1 Å². The molecule has 0 aliphatic heterocycles. The molecule has 0 saturated heterocycles. The van der Waals surface area contributed by atoms with Crippen LogP contribution in [0.3, 0.4) is 0 Å². The number of ether oxygens (including phenoxy) is 3. The summed E-state index contributed by atoms with van der Waals surface area (Å²) >= 11 is 6.26. The number of anilines is 1. The summed E-state index contributed by atoms with van der Waals surface area (Å²) in [6.07, 6.45) is 0. The number of methoxy groups -OCH3 is 2. The van der Waals surface area contributed by atoms with Crippen molar-refractivity contribution in [1.29, 1.82) is 0 Å². The van der Waals surface area contributed by atoms with Gasteiger partial charge in [0, 0.05) is 12.2 Å². The summed E-state index contributed by atoms with van der Waals surface area (Å²) in [4.78, 5) is 0. The summed E-state index contributed by atoms with van der Waals surface area (Å²) in [5.74, 6) is 2.05. The second kappa shape index (κ2) is 7.80. The minimum Gasteiger partial charge on any atom is -0.497 e. The Bertz CT molecular complexity index is 614. The molecular formula is C17H20ClNO3. The Morgan fingerprint density at radius 1 is 1.05 bits per heavy atom. The van der Waals surface area contributed by atoms with E-state index in [0.717, 1.165) is 17.0 Å². The Kier molecular flexibility index (Phi) is 5.78. The molecule has 0 bridgehead atoms. The van der Waals surface area contributed by atoms with Crippen LogP contribution in [-0.2, 0) is 6.54 Å². The molecule has 118 valence electrons. The van der Waals surface area contributed by atoms with Gasteiger partial charge in [-0.25, -0.2) is 0 Å². The first-order valence-corrected chi connectivity index (χ1v) is 7.42. The van der Waals surface area contributed by atoms with Crippen LogP contribution in [0.5, 0.6) is 17.2 Å². The monoisotopic (exact) mass is 321 g/mol. The van der Waals surface area contributed by atoms with E-state index in [4.69, 9.17) is 25.8 Å². The third kappa shape index (κ3) is 3.98. The van der Waals surface area contributed by atoms with E-state index in [9.17, 15) is 0 Å². The second-order valence-corrected chi connectivity index (χ2v) is 5.03. The molecule has 2 aromatic rings. The number of hydrogen-bond donors (Lipinski definition) is 1. The number of benzene rings is 2. The van der Waals surface area contributed by atoms with Crippen molar-refractivity contribution in [3.8, 4) is 17.2 Å². The molecular weight excluding hydrogens is 302 g/mol. The third-order valence-electron chi connectivity index (χ3n) is 3.16. The molecule has 4 nitrogen and oxygen atoms in total. The van der Waals surface area contributed by atoms with E-state index in [1.165, 1.54) is 0 Å². The molecule has 0 amide bonds. The smallest absolute Gasteiger partial charge is 0.179 e. The minimum absolute atomic E-state index is 0.541. The highest BCUT2D eigenvalue weighted by molar-refractivity contribution is 6.32. The van der Waals surface area contributed by atoms with Crippen molar-refractivity contribution < 1.29 is 14.2 Å². The summed E-state index contributed by atoms with van der Waals surface area (Å²) in [7, 11) is 3.26. The Hall–Kier alpha value is -2.07. The lowest BCUT2D eigenvalue weighted by molar-refractivity contribution is 0.311. The topological polar surface area (TPSA) is 39.7 Å². The fourth-order valence-corrected chi connectivity index (χ4v) is 2.36. The molecule has 0 fully saturated rings. The van der Waals surface area contributed by atoms with Crippen molar-refractivity contribution in [3.63, 3.8) is 0 Å². The van der Waals surface area contributed by atoms with E-state index in [-0.39, 0.29) is 0 Å². The van der Waals surface area contributed by atoms with Crippen LogP contribution in [0.25, 0.3) is 0 Å². The molecule has 1 N–H and O–H groups in total. The first-order valence-electron chi connectivity index (χ1n) is 7.05. The normalized spacial score (nSPS) is 10.2. The van der Waals surface area contributed by atoms with Gasteiger partial charge >= 0.3 is 0 Å². The van der Waals surface area contributed by atoms with Crippen LogP contribution in [0.15, 0.2) is 36.4 Å². The third-order valence-corrected chi connectivity index (χ3v) is 3.45. The standard InChI is InChI=1S/C17H20ClNO3/c1-4-22-17-15(18)9-12(10-16(17)21-3)11-19-13-5-7-14(20-2)8-6-13/h5-10,19H,4,11H2,1-3H3. The fraction of sp³-hybridized carbons (Fsp3) is 0.294. The zero-order valence-corrected chi connectivity index (χ0v) is 13.7. The van der Waals surface area contributed by atoms with E-state index in [2.05, 4.69) is 5.32 Å². The minimum atomic E-state index is 0.541. The van der Waals surface area contributed by atoms with Crippen molar-refractivity contribution in [3.05, 3.63) is 47.0 Å². The first kappa shape index (κ1) is 16.3. The van der Waals surface area contributed by atoms with Gasteiger partial charge < -0.3 is 19.5 Å². The van der Waals surface area contributed by atoms with E-state index in [0.29, 0.717) is 29.7 Å². The SMILES string of the molecule is CCOc1c(Cl)cc(CNc2ccc(OC)cc2)cc1OC. The number of rotatable bonds is 7. The van der Waals surface area contributed by atoms with Gasteiger partial charge in [-0.2, -0.15) is 0 Å². The van der Waals surface area contributed by atoms with E-state index in [1.54, 1.807) is 14.2 Å². The number of hydrogen-bond acceptors (Lipinski definition) is 4. The Morgan fingerprint density at radius 2 is 1.77 bits per heavy atom. The van der Waals surface area contributed by atoms with Crippen LogP contribution in [0.2, 0.25) is 5.02 Å². The number of halogens is 1. The molecule has 0 aliphatic rings. The predicted molar refractivity (Wildman–Crippen MR) is 89.5 cm³/mol. The molecule has 0 saturated carbocycles. The summed E-state index contributed by atoms with van der Waals surface area (Å²) in [6.45, 7) is 3.09. The lowest BCUT2D eigenvalue weighted by Gasteiger charge is -2.14. The van der Waals surface area contributed by atoms with Crippen LogP contribution < -0.4 is 19.5 Å². The molecule has 0 heterocycles. The van der Waals surface area contributed by atoms with Gasteiger partial charge in [0.2, 0.25) is 0 Å². The average Bonchev–Trinajstić information content (AvgIpc) is 2.55. The molecule has 2 rings (SSSR count). The summed E-state index contributed by atoms with van der Waals surface area (Å²) in [5, 5.41) is 3.88. The first-order chi connectivity index (χ1) is 10.7. The summed E-state index contributed by atoms with van der Waals surface area (Å²) < 4.78 is 16.0. The molecule has 2 aromatic carbocycles. The lowest BCUT2D eigenvalue weighted by atomic mass is 10.2. The zero-order chi connectivity index (χ0) is 15.9. The van der Waals surface area contributed by atoms with E-state index in [1.807, 2.05) is 43.3 Å². The zero-order valence-electron chi connectivity index (χ0n) is 13.0. The van der Waals surface area contributed by atoms with Gasteiger partial charge in [0.05, 0.1) is 25.8 Å². The van der Waals surface area contributed by atoms with E-state index >= 15 is 0 Å². The van der Waals surface area contributed by atoms with Gasteiger partial charge in [0.25, 0.3) is 0 Å². The molecule has 5 heteroatoms. The Morgan fingerprint density at radius 3 is 2.36 bits per heavy atom. The molecule has 0 spiro atoms. The average molecular weight is 322 g/mol. The lowest BCUT2D eigenvalue weighted by Crippen LogP contribution is -2.02. The molecule has 22 heavy (non-hydrogen) atoms. The highest BCUT2D eigenvalue weighted by atomic mass is 35.5. The van der Waals surface area contributed by atoms with Crippen molar-refractivity contribution in [1.82, 2.24) is 0 Å². The van der Waals surface area contributed by atoms with Crippen LogP contribution in [0.4, 0.5) is 5.69 Å². The van der Waals surface area contributed by atoms with Gasteiger partial charge in [-0.3, -0.25) is 0 Å². The summed E-state index contributed by atoms with van der Waals surface area (Å²) in [6, 6.07) is 11.6. The van der Waals surface area contributed by atoms with Gasteiger partial charge in [0.1, 0.15) is 5.75 Å². The number of nitrogens with one attached hydrogen (secondary N) is 1. The molecule has 0 radical (unpaired) electrons. The Labute approximate surface area is 136 Å². The second-order valence-electron chi connectivity index (χ2n) is 4.62. The van der Waals surface area contributed by atoms with Crippen molar-refractivity contribution >= 4 is 17.3 Å². The maximum absolute atomic E-state index is 6.26. The van der Waals surface area contributed by atoms with E-state index < -0.39 is 0 Å². The fourth-order valence-electron chi connectivity index (χ4n) is 2.07. The Balaban J connectivity index is 2.10. The molecule has 0 atom stereocenters. The molecule has 0 aromatic heterocycles. The van der Waals surface area contributed by atoms with Crippen LogP contribution >= 0.6 is 11.6 Å². The quantitative estimate of drug-likeness (QED) is 0.822. The highest BCUT2D eigenvalue weighted by Crippen LogP contribution is 2.36. The summed E-state index contributed by atoms with van der Waals surface area (Å²) in [5.41, 5.74) is 2.02. The predicted octanol–water partition coefficient (Wildman–Crippen LogP) is 4.37. The van der Waals surface area contributed by atoms with Crippen LogP contribution in [0.1, 0.15) is 12.5 Å². The molecule has 0 unspecified atom stereocenters. The van der Waals surface area contributed by atoms with Crippen LogP contribution in [0, 0.1) is 0 Å². The maximum atomic E-state index is 6.26. The van der Waals surface area contributed by atoms with Crippen molar-refractivity contribution in [2.24, 2.45) is 0 Å².